The Kier molecular flexibility index (Phi) is 4.95. The molecule has 1 saturated carbocycles. The molecule has 3 aromatic rings. The predicted octanol–water partition coefficient (Wildman–Crippen LogP) is 6.33. The van der Waals surface area contributed by atoms with Crippen molar-refractivity contribution >= 4 is 23.1 Å². The minimum absolute atomic E-state index is 0.184. The number of ether oxygens (including phenoxy) is 2. The summed E-state index contributed by atoms with van der Waals surface area (Å²) in [5.41, 5.74) is 3.89. The molecule has 2 aromatic carbocycles. The van der Waals surface area contributed by atoms with Crippen molar-refractivity contribution in [1.29, 1.82) is 0 Å². The Hall–Kier alpha value is -2.95. The van der Waals surface area contributed by atoms with E-state index in [4.69, 9.17) is 9.47 Å². The van der Waals surface area contributed by atoms with Crippen LogP contribution in [-0.4, -0.2) is 22.9 Å². The van der Waals surface area contributed by atoms with Gasteiger partial charge in [0.25, 0.3) is 0 Å². The minimum atomic E-state index is -0.293. The number of aromatic hydroxyl groups is 1. The van der Waals surface area contributed by atoms with Gasteiger partial charge in [-0.25, -0.2) is 4.39 Å². The number of methoxy groups -OCH3 is 1. The first-order valence-corrected chi connectivity index (χ1v) is 11.3. The van der Waals surface area contributed by atoms with E-state index < -0.39 is 0 Å². The molecule has 32 heavy (non-hydrogen) atoms. The number of nitrogens with zero attached hydrogens (tertiary/aromatic N) is 1. The third-order valence-electron chi connectivity index (χ3n) is 7.36. The van der Waals surface area contributed by atoms with Gasteiger partial charge in [-0.1, -0.05) is 26.0 Å². The van der Waals surface area contributed by atoms with Crippen LogP contribution >= 0.6 is 0 Å². The van der Waals surface area contributed by atoms with Gasteiger partial charge in [-0.05, 0) is 72.1 Å². The van der Waals surface area contributed by atoms with E-state index in [1.807, 2.05) is 31.3 Å². The topological polar surface area (TPSA) is 43.6 Å². The fourth-order valence-corrected chi connectivity index (χ4v) is 5.56. The molecular formula is C27H30FNO3. The molecule has 0 saturated heterocycles. The lowest BCUT2D eigenvalue weighted by Gasteiger charge is -2.46. The molecular weight excluding hydrogens is 405 g/mol. The summed E-state index contributed by atoms with van der Waals surface area (Å²) in [4.78, 5) is 0. The summed E-state index contributed by atoms with van der Waals surface area (Å²) in [5.74, 6) is 1.51. The molecule has 0 radical (unpaired) electrons. The van der Waals surface area contributed by atoms with E-state index in [2.05, 4.69) is 19.9 Å². The number of hydrogen-bond donors (Lipinski definition) is 1. The van der Waals surface area contributed by atoms with Gasteiger partial charge in [0.1, 0.15) is 11.9 Å². The standard InChI is InChI=1S/C27H30FNO3/c1-27(2)9-5-6-23-19(27)14-18-10-16(12-22(30)26(18)32-23)7-8-17-11-21-25(24(13-17)31-4)20(28)15-29(21)3/h7-8,10-13,15,19,23,30H,5-6,9,14H2,1-4H3/b8-7+/t19-,23?/m0/s1. The van der Waals surface area contributed by atoms with E-state index in [9.17, 15) is 9.50 Å². The highest BCUT2D eigenvalue weighted by Gasteiger charge is 2.43. The van der Waals surface area contributed by atoms with Crippen LogP contribution in [0.25, 0.3) is 23.1 Å². The fraction of sp³-hybridized carbons (Fsp3) is 0.407. The average Bonchev–Trinajstić information content (AvgIpc) is 3.04. The quantitative estimate of drug-likeness (QED) is 0.489. The number of phenols is 1. The second-order valence-electron chi connectivity index (χ2n) is 9.91. The van der Waals surface area contributed by atoms with Crippen LogP contribution in [0.1, 0.15) is 49.8 Å². The summed E-state index contributed by atoms with van der Waals surface area (Å²) in [6.07, 6.45) is 9.93. The Balaban J connectivity index is 1.48. The second-order valence-corrected chi connectivity index (χ2v) is 9.91. The van der Waals surface area contributed by atoms with Gasteiger partial charge >= 0.3 is 0 Å². The molecule has 2 atom stereocenters. The number of benzene rings is 2. The SMILES string of the molecule is COc1cc(/C=C/c2cc(O)c3c(c2)C[C@H]2C(CCCC2(C)C)O3)cc2c1c(F)cn2C. The van der Waals surface area contributed by atoms with Gasteiger partial charge in [0.2, 0.25) is 0 Å². The monoisotopic (exact) mass is 435 g/mol. The first-order valence-electron chi connectivity index (χ1n) is 11.3. The summed E-state index contributed by atoms with van der Waals surface area (Å²) in [7, 11) is 3.37. The predicted molar refractivity (Wildman–Crippen MR) is 126 cm³/mol. The number of halogens is 1. The summed E-state index contributed by atoms with van der Waals surface area (Å²) < 4.78 is 27.7. The van der Waals surface area contributed by atoms with E-state index in [1.165, 1.54) is 19.0 Å². The van der Waals surface area contributed by atoms with E-state index in [0.717, 1.165) is 35.0 Å². The zero-order valence-electron chi connectivity index (χ0n) is 19.1. The van der Waals surface area contributed by atoms with Crippen molar-refractivity contribution < 1.29 is 19.0 Å². The number of phenolic OH excluding ortho intramolecular Hbond substituents is 1. The first kappa shape index (κ1) is 20.9. The molecule has 4 nitrogen and oxygen atoms in total. The Morgan fingerprint density at radius 3 is 2.69 bits per heavy atom. The Morgan fingerprint density at radius 2 is 1.94 bits per heavy atom. The molecule has 1 aliphatic heterocycles. The number of aryl methyl sites for hydroxylation is 1. The molecule has 0 spiro atoms. The normalized spacial score (nSPS) is 21.9. The lowest BCUT2D eigenvalue weighted by atomic mass is 9.64. The molecule has 1 aromatic heterocycles. The molecule has 0 amide bonds. The Morgan fingerprint density at radius 1 is 1.19 bits per heavy atom. The molecule has 0 bridgehead atoms. The van der Waals surface area contributed by atoms with Crippen LogP contribution in [0.5, 0.6) is 17.2 Å². The van der Waals surface area contributed by atoms with Gasteiger partial charge < -0.3 is 19.1 Å². The summed E-state index contributed by atoms with van der Waals surface area (Å²) in [6, 6.07) is 7.64. The molecule has 1 unspecified atom stereocenters. The highest BCUT2D eigenvalue weighted by Crippen LogP contribution is 2.49. The highest BCUT2D eigenvalue weighted by molar-refractivity contribution is 5.90. The molecule has 2 aliphatic rings. The molecule has 2 heterocycles. The van der Waals surface area contributed by atoms with Crippen molar-refractivity contribution in [3.8, 4) is 17.2 Å². The maximum Gasteiger partial charge on any atom is 0.164 e. The largest absolute Gasteiger partial charge is 0.504 e. The first-order chi connectivity index (χ1) is 15.3. The van der Waals surface area contributed by atoms with Gasteiger partial charge in [-0.2, -0.15) is 0 Å². The molecule has 1 N–H and O–H groups in total. The highest BCUT2D eigenvalue weighted by atomic mass is 19.1. The Labute approximate surface area is 188 Å². The zero-order chi connectivity index (χ0) is 22.6. The van der Waals surface area contributed by atoms with Gasteiger partial charge in [-0.15, -0.1) is 0 Å². The van der Waals surface area contributed by atoms with Gasteiger partial charge in [0.15, 0.2) is 17.3 Å². The summed E-state index contributed by atoms with van der Waals surface area (Å²) in [6.45, 7) is 4.66. The molecule has 168 valence electrons. The van der Waals surface area contributed by atoms with Crippen LogP contribution < -0.4 is 9.47 Å². The van der Waals surface area contributed by atoms with E-state index in [-0.39, 0.29) is 23.1 Å². The van der Waals surface area contributed by atoms with Crippen LogP contribution in [0.4, 0.5) is 4.39 Å². The lowest BCUT2D eigenvalue weighted by molar-refractivity contribution is -0.00709. The van der Waals surface area contributed by atoms with Crippen LogP contribution in [0.2, 0.25) is 0 Å². The third kappa shape index (κ3) is 3.44. The van der Waals surface area contributed by atoms with E-state index >= 15 is 0 Å². The zero-order valence-corrected chi connectivity index (χ0v) is 19.1. The summed E-state index contributed by atoms with van der Waals surface area (Å²) >= 11 is 0. The molecule has 5 rings (SSSR count). The maximum absolute atomic E-state index is 14.3. The van der Waals surface area contributed by atoms with Crippen molar-refractivity contribution in [2.75, 3.05) is 7.11 Å². The number of hydrogen-bond acceptors (Lipinski definition) is 3. The van der Waals surface area contributed by atoms with Crippen molar-refractivity contribution in [2.45, 2.75) is 45.6 Å². The van der Waals surface area contributed by atoms with E-state index in [1.54, 1.807) is 17.7 Å². The minimum Gasteiger partial charge on any atom is -0.504 e. The maximum atomic E-state index is 14.3. The average molecular weight is 436 g/mol. The van der Waals surface area contributed by atoms with Crippen LogP contribution in [0.3, 0.4) is 0 Å². The molecule has 5 heteroatoms. The van der Waals surface area contributed by atoms with Crippen LogP contribution in [0.15, 0.2) is 30.5 Å². The smallest absolute Gasteiger partial charge is 0.164 e. The van der Waals surface area contributed by atoms with E-state index in [0.29, 0.717) is 22.8 Å². The Bertz CT molecular complexity index is 1220. The number of fused-ring (bicyclic) bond motifs is 3. The third-order valence-corrected chi connectivity index (χ3v) is 7.36. The van der Waals surface area contributed by atoms with Crippen molar-refractivity contribution in [3.05, 3.63) is 53.0 Å². The van der Waals surface area contributed by atoms with Crippen molar-refractivity contribution in [3.63, 3.8) is 0 Å². The van der Waals surface area contributed by atoms with Crippen LogP contribution in [-0.2, 0) is 13.5 Å². The van der Waals surface area contributed by atoms with Crippen molar-refractivity contribution in [2.24, 2.45) is 18.4 Å². The fourth-order valence-electron chi connectivity index (χ4n) is 5.56. The number of aromatic nitrogens is 1. The number of rotatable bonds is 3. The molecule has 1 fully saturated rings. The summed E-state index contributed by atoms with van der Waals surface area (Å²) in [5, 5.41) is 11.2. The molecule has 1 aliphatic carbocycles. The second kappa shape index (κ2) is 7.58. The van der Waals surface area contributed by atoms with Crippen molar-refractivity contribution in [1.82, 2.24) is 4.57 Å². The van der Waals surface area contributed by atoms with Gasteiger partial charge in [0, 0.05) is 19.2 Å². The lowest BCUT2D eigenvalue weighted by Crippen LogP contribution is -2.45. The van der Waals surface area contributed by atoms with Gasteiger partial charge in [-0.3, -0.25) is 0 Å². The van der Waals surface area contributed by atoms with Gasteiger partial charge in [0.05, 0.1) is 18.0 Å². The van der Waals surface area contributed by atoms with Crippen LogP contribution in [0, 0.1) is 17.2 Å².